The molecule has 3 fully saturated rings. The van der Waals surface area contributed by atoms with Gasteiger partial charge in [0, 0.05) is 19.1 Å². The van der Waals surface area contributed by atoms with Crippen molar-refractivity contribution in [3.63, 3.8) is 0 Å². The summed E-state index contributed by atoms with van der Waals surface area (Å²) in [7, 11) is 2.22. The molecule has 0 amide bonds. The average molecular weight is 281 g/mol. The summed E-state index contributed by atoms with van der Waals surface area (Å²) in [5, 5.41) is 9.49. The number of piperidine rings is 2. The fourth-order valence-corrected chi connectivity index (χ4v) is 4.21. The number of hydrogen-bond donors (Lipinski definition) is 2. The van der Waals surface area contributed by atoms with Crippen molar-refractivity contribution >= 4 is 5.97 Å². The van der Waals surface area contributed by atoms with Crippen molar-refractivity contribution in [3.05, 3.63) is 0 Å². The maximum atomic E-state index is 11.6. The lowest BCUT2D eigenvalue weighted by Gasteiger charge is -2.47. The van der Waals surface area contributed by atoms with E-state index in [1.807, 2.05) is 0 Å². The third-order valence-electron chi connectivity index (χ3n) is 5.62. The highest BCUT2D eigenvalue weighted by atomic mass is 16.4. The molecule has 0 bridgehead atoms. The SMILES string of the molecule is CN1CCCC2CN(CC(N)(C(=O)O)C3CC3)CCC21. The molecular formula is C15H27N3O2. The summed E-state index contributed by atoms with van der Waals surface area (Å²) >= 11 is 0. The molecule has 3 unspecified atom stereocenters. The third kappa shape index (κ3) is 2.59. The van der Waals surface area contributed by atoms with Gasteiger partial charge in [-0.2, -0.15) is 0 Å². The van der Waals surface area contributed by atoms with Crippen molar-refractivity contribution < 1.29 is 9.90 Å². The summed E-state index contributed by atoms with van der Waals surface area (Å²) < 4.78 is 0. The predicted octanol–water partition coefficient (Wildman–Crippen LogP) is 0.595. The second-order valence-electron chi connectivity index (χ2n) is 7.09. The number of likely N-dealkylation sites (tertiary alicyclic amines) is 2. The van der Waals surface area contributed by atoms with Crippen LogP contribution in [0.4, 0.5) is 0 Å². The minimum Gasteiger partial charge on any atom is -0.480 e. The number of nitrogens with two attached hydrogens (primary N) is 1. The van der Waals surface area contributed by atoms with E-state index >= 15 is 0 Å². The summed E-state index contributed by atoms with van der Waals surface area (Å²) in [6.07, 6.45) is 5.65. The summed E-state index contributed by atoms with van der Waals surface area (Å²) in [5.41, 5.74) is 5.20. The van der Waals surface area contributed by atoms with Gasteiger partial charge in [-0.15, -0.1) is 0 Å². The Kier molecular flexibility index (Phi) is 3.77. The molecule has 0 aromatic carbocycles. The van der Waals surface area contributed by atoms with E-state index in [9.17, 15) is 9.90 Å². The van der Waals surface area contributed by atoms with Gasteiger partial charge in [0.05, 0.1) is 0 Å². The van der Waals surface area contributed by atoms with Crippen LogP contribution in [0.25, 0.3) is 0 Å². The van der Waals surface area contributed by atoms with Crippen molar-refractivity contribution in [2.24, 2.45) is 17.6 Å². The highest BCUT2D eigenvalue weighted by Gasteiger charge is 2.50. The van der Waals surface area contributed by atoms with Crippen LogP contribution < -0.4 is 5.73 Å². The molecule has 2 heterocycles. The van der Waals surface area contributed by atoms with E-state index in [2.05, 4.69) is 16.8 Å². The van der Waals surface area contributed by atoms with Crippen molar-refractivity contribution in [1.82, 2.24) is 9.80 Å². The lowest BCUT2D eigenvalue weighted by Crippen LogP contribution is -2.61. The molecule has 3 N–H and O–H groups in total. The van der Waals surface area contributed by atoms with Crippen LogP contribution in [0.15, 0.2) is 0 Å². The quantitative estimate of drug-likeness (QED) is 0.789. The molecule has 5 nitrogen and oxygen atoms in total. The van der Waals surface area contributed by atoms with Crippen molar-refractivity contribution in [2.45, 2.75) is 43.7 Å². The predicted molar refractivity (Wildman–Crippen MR) is 77.5 cm³/mol. The van der Waals surface area contributed by atoms with Gasteiger partial charge in [-0.25, -0.2) is 0 Å². The number of carboxylic acids is 1. The van der Waals surface area contributed by atoms with Gasteiger partial charge in [0.25, 0.3) is 0 Å². The summed E-state index contributed by atoms with van der Waals surface area (Å²) in [6, 6.07) is 0.693. The molecule has 0 aromatic rings. The molecule has 1 aliphatic carbocycles. The Morgan fingerprint density at radius 2 is 2.05 bits per heavy atom. The first kappa shape index (κ1) is 14.3. The number of aliphatic carboxylic acids is 1. The van der Waals surface area contributed by atoms with Gasteiger partial charge in [0.2, 0.25) is 0 Å². The van der Waals surface area contributed by atoms with E-state index < -0.39 is 11.5 Å². The van der Waals surface area contributed by atoms with E-state index in [4.69, 9.17) is 5.73 Å². The number of nitrogens with zero attached hydrogens (tertiary/aromatic N) is 2. The van der Waals surface area contributed by atoms with Crippen LogP contribution in [0.3, 0.4) is 0 Å². The number of hydrogen-bond acceptors (Lipinski definition) is 4. The zero-order chi connectivity index (χ0) is 14.3. The zero-order valence-corrected chi connectivity index (χ0v) is 12.4. The normalized spacial score (nSPS) is 35.3. The molecule has 1 saturated carbocycles. The molecule has 5 heteroatoms. The zero-order valence-electron chi connectivity index (χ0n) is 12.4. The van der Waals surface area contributed by atoms with E-state index in [-0.39, 0.29) is 5.92 Å². The number of rotatable bonds is 4. The van der Waals surface area contributed by atoms with Crippen molar-refractivity contribution in [2.75, 3.05) is 33.2 Å². The molecule has 2 saturated heterocycles. The maximum absolute atomic E-state index is 11.6. The van der Waals surface area contributed by atoms with Gasteiger partial charge in [0.15, 0.2) is 0 Å². The molecule has 0 radical (unpaired) electrons. The fourth-order valence-electron chi connectivity index (χ4n) is 4.21. The van der Waals surface area contributed by atoms with Gasteiger partial charge < -0.3 is 20.6 Å². The van der Waals surface area contributed by atoms with Crippen molar-refractivity contribution in [3.8, 4) is 0 Å². The lowest BCUT2D eigenvalue weighted by atomic mass is 9.83. The molecule has 114 valence electrons. The van der Waals surface area contributed by atoms with Crippen LogP contribution in [0.5, 0.6) is 0 Å². The Morgan fingerprint density at radius 1 is 1.30 bits per heavy atom. The smallest absolute Gasteiger partial charge is 0.325 e. The Morgan fingerprint density at radius 3 is 2.70 bits per heavy atom. The van der Waals surface area contributed by atoms with E-state index in [1.165, 1.54) is 19.4 Å². The van der Waals surface area contributed by atoms with E-state index in [0.29, 0.717) is 18.5 Å². The fraction of sp³-hybridized carbons (Fsp3) is 0.933. The standard InChI is InChI=1S/C15H27N3O2/c1-17-7-2-3-11-9-18(8-6-13(11)17)10-15(16,14(19)20)12-4-5-12/h11-13H,2-10,16H2,1H3,(H,19,20). The molecule has 3 aliphatic rings. The first-order chi connectivity index (χ1) is 9.50. The number of fused-ring (bicyclic) bond motifs is 1. The van der Waals surface area contributed by atoms with E-state index in [1.54, 1.807) is 0 Å². The minimum atomic E-state index is -1.02. The molecule has 3 atom stereocenters. The molecule has 0 aromatic heterocycles. The Bertz CT molecular complexity index is 385. The Labute approximate surface area is 121 Å². The van der Waals surface area contributed by atoms with Crippen LogP contribution >= 0.6 is 0 Å². The van der Waals surface area contributed by atoms with Gasteiger partial charge in [0.1, 0.15) is 5.54 Å². The summed E-state index contributed by atoms with van der Waals surface area (Å²) in [6.45, 7) is 3.75. The summed E-state index contributed by atoms with van der Waals surface area (Å²) in [5.74, 6) is 0.0642. The topological polar surface area (TPSA) is 69.8 Å². The maximum Gasteiger partial charge on any atom is 0.325 e. The van der Waals surface area contributed by atoms with Crippen molar-refractivity contribution in [1.29, 1.82) is 0 Å². The number of carbonyl (C=O) groups is 1. The van der Waals surface area contributed by atoms with Gasteiger partial charge in [-0.3, -0.25) is 4.79 Å². The summed E-state index contributed by atoms with van der Waals surface area (Å²) in [4.78, 5) is 16.3. The Hall–Kier alpha value is -0.650. The highest BCUT2D eigenvalue weighted by Crippen LogP contribution is 2.40. The lowest BCUT2D eigenvalue weighted by molar-refractivity contribution is -0.145. The van der Waals surface area contributed by atoms with Gasteiger partial charge in [-0.1, -0.05) is 0 Å². The van der Waals surface area contributed by atoms with E-state index in [0.717, 1.165) is 32.4 Å². The first-order valence-electron chi connectivity index (χ1n) is 7.95. The second kappa shape index (κ2) is 5.28. The minimum absolute atomic E-state index is 0.187. The molecule has 2 aliphatic heterocycles. The highest BCUT2D eigenvalue weighted by molar-refractivity contribution is 5.79. The van der Waals surface area contributed by atoms with Crippen LogP contribution in [0.2, 0.25) is 0 Å². The molecule has 3 rings (SSSR count). The van der Waals surface area contributed by atoms with Gasteiger partial charge in [-0.05, 0) is 64.1 Å². The van der Waals surface area contributed by atoms with Gasteiger partial charge >= 0.3 is 5.97 Å². The number of carboxylic acid groups (broad SMARTS) is 1. The molecule has 0 spiro atoms. The first-order valence-corrected chi connectivity index (χ1v) is 7.95. The van der Waals surface area contributed by atoms with Crippen LogP contribution in [-0.2, 0) is 4.79 Å². The van der Waals surface area contributed by atoms with Crippen LogP contribution in [0.1, 0.15) is 32.1 Å². The average Bonchev–Trinajstić information content (AvgIpc) is 3.23. The van der Waals surface area contributed by atoms with Crippen LogP contribution in [-0.4, -0.2) is 65.7 Å². The van der Waals surface area contributed by atoms with Crippen LogP contribution in [0, 0.1) is 11.8 Å². The monoisotopic (exact) mass is 281 g/mol. The Balaban J connectivity index is 1.63. The molecule has 20 heavy (non-hydrogen) atoms. The molecular weight excluding hydrogens is 254 g/mol. The second-order valence-corrected chi connectivity index (χ2v) is 7.09. The third-order valence-corrected chi connectivity index (χ3v) is 5.62. The largest absolute Gasteiger partial charge is 0.480 e.